The Balaban J connectivity index is 2.81. The molecule has 0 aliphatic heterocycles. The molecule has 1 atom stereocenters. The summed E-state index contributed by atoms with van der Waals surface area (Å²) < 4.78 is 38.1. The second-order valence-corrected chi connectivity index (χ2v) is 3.73. The van der Waals surface area contributed by atoms with Crippen molar-refractivity contribution in [2.24, 2.45) is 5.92 Å². The molecule has 1 unspecified atom stereocenters. The number of carbonyl (C=O) groups is 1. The van der Waals surface area contributed by atoms with Gasteiger partial charge in [-0.15, -0.1) is 0 Å². The van der Waals surface area contributed by atoms with Crippen molar-refractivity contribution in [3.8, 4) is 0 Å². The molecule has 0 saturated heterocycles. The van der Waals surface area contributed by atoms with E-state index in [-0.39, 0.29) is 0 Å². The van der Waals surface area contributed by atoms with Gasteiger partial charge in [0.1, 0.15) is 0 Å². The van der Waals surface area contributed by atoms with Crippen LogP contribution < -0.4 is 0 Å². The Labute approximate surface area is 90.8 Å². The molecule has 0 fully saturated rings. The van der Waals surface area contributed by atoms with Gasteiger partial charge in [-0.1, -0.05) is 0 Å². The van der Waals surface area contributed by atoms with Crippen LogP contribution in [-0.2, 0) is 11.3 Å². The van der Waals surface area contributed by atoms with Crippen LogP contribution in [0.1, 0.15) is 0 Å². The molecule has 0 aliphatic carbocycles. The fourth-order valence-electron chi connectivity index (χ4n) is 0.947. The lowest BCUT2D eigenvalue weighted by atomic mass is 10.1. The minimum absolute atomic E-state index is 0.494. The molecule has 15 heavy (non-hydrogen) atoms. The highest BCUT2D eigenvalue weighted by Gasteiger charge is 2.45. The molecule has 0 bridgehead atoms. The van der Waals surface area contributed by atoms with Gasteiger partial charge in [-0.25, -0.2) is 0 Å². The maximum Gasteiger partial charge on any atom is 0.404 e. The molecule has 1 rings (SSSR count). The molecule has 1 N–H and O–H groups in total. The van der Waals surface area contributed by atoms with Crippen LogP contribution in [0, 0.1) is 5.92 Å². The van der Waals surface area contributed by atoms with Gasteiger partial charge in [0, 0.05) is 6.20 Å². The van der Waals surface area contributed by atoms with Crippen LogP contribution in [0.4, 0.5) is 13.2 Å². The van der Waals surface area contributed by atoms with Crippen molar-refractivity contribution in [3.63, 3.8) is 0 Å². The molecule has 1 heterocycles. The van der Waals surface area contributed by atoms with Crippen LogP contribution in [-0.4, -0.2) is 27.0 Å². The standard InChI is InChI=1S/C7H6BrF3N2O2/c8-4-1-12-13(2-4)3-5(6(14)15)7(9,10)11/h1-2,5H,3H2,(H,14,15). The van der Waals surface area contributed by atoms with E-state index in [0.29, 0.717) is 4.47 Å². The third kappa shape index (κ3) is 3.22. The van der Waals surface area contributed by atoms with E-state index in [1.807, 2.05) is 0 Å². The first-order valence-electron chi connectivity index (χ1n) is 3.78. The van der Waals surface area contributed by atoms with Crippen LogP contribution in [0.2, 0.25) is 0 Å². The van der Waals surface area contributed by atoms with Gasteiger partial charge in [0.2, 0.25) is 0 Å². The number of hydrogen-bond acceptors (Lipinski definition) is 2. The molecule has 1 aromatic heterocycles. The minimum atomic E-state index is -4.77. The third-order valence-electron chi connectivity index (χ3n) is 1.66. The lowest BCUT2D eigenvalue weighted by Gasteiger charge is -2.15. The topological polar surface area (TPSA) is 55.1 Å². The summed E-state index contributed by atoms with van der Waals surface area (Å²) in [6, 6.07) is 0. The number of halogens is 4. The second-order valence-electron chi connectivity index (χ2n) is 2.81. The van der Waals surface area contributed by atoms with Gasteiger partial charge in [-0.3, -0.25) is 9.48 Å². The lowest BCUT2D eigenvalue weighted by molar-refractivity contribution is -0.196. The zero-order valence-corrected chi connectivity index (χ0v) is 8.79. The van der Waals surface area contributed by atoms with Crippen molar-refractivity contribution in [2.45, 2.75) is 12.7 Å². The zero-order valence-electron chi connectivity index (χ0n) is 7.20. The number of alkyl halides is 3. The second kappa shape index (κ2) is 4.21. The van der Waals surface area contributed by atoms with Crippen molar-refractivity contribution in [1.29, 1.82) is 0 Å². The highest BCUT2D eigenvalue weighted by molar-refractivity contribution is 9.10. The molecule has 0 amide bonds. The monoisotopic (exact) mass is 286 g/mol. The smallest absolute Gasteiger partial charge is 0.404 e. The quantitative estimate of drug-likeness (QED) is 0.923. The van der Waals surface area contributed by atoms with Crippen LogP contribution in [0.15, 0.2) is 16.9 Å². The highest BCUT2D eigenvalue weighted by Crippen LogP contribution is 2.27. The summed E-state index contributed by atoms with van der Waals surface area (Å²) in [6.45, 7) is -0.732. The van der Waals surface area contributed by atoms with Gasteiger partial charge < -0.3 is 5.11 Å². The predicted molar refractivity (Wildman–Crippen MR) is 47.1 cm³/mol. The Morgan fingerprint density at radius 1 is 1.67 bits per heavy atom. The molecular formula is C7H6BrF3N2O2. The normalized spacial score (nSPS) is 13.9. The van der Waals surface area contributed by atoms with E-state index < -0.39 is 24.6 Å². The van der Waals surface area contributed by atoms with Gasteiger partial charge in [0.15, 0.2) is 5.92 Å². The number of aliphatic carboxylic acids is 1. The van der Waals surface area contributed by atoms with Crippen molar-refractivity contribution in [2.75, 3.05) is 0 Å². The molecule has 0 aliphatic rings. The van der Waals surface area contributed by atoms with Crippen molar-refractivity contribution in [1.82, 2.24) is 9.78 Å². The molecule has 4 nitrogen and oxygen atoms in total. The Morgan fingerprint density at radius 2 is 2.27 bits per heavy atom. The van der Waals surface area contributed by atoms with Crippen LogP contribution in [0.25, 0.3) is 0 Å². The van der Waals surface area contributed by atoms with E-state index in [4.69, 9.17) is 5.11 Å². The summed E-state index contributed by atoms with van der Waals surface area (Å²) in [5.74, 6) is -4.35. The van der Waals surface area contributed by atoms with Gasteiger partial charge in [0.05, 0.1) is 17.2 Å². The number of carboxylic acid groups (broad SMARTS) is 1. The molecular weight excluding hydrogens is 281 g/mol. The fraction of sp³-hybridized carbons (Fsp3) is 0.429. The van der Waals surface area contributed by atoms with E-state index in [9.17, 15) is 18.0 Å². The molecule has 84 valence electrons. The maximum absolute atomic E-state index is 12.2. The molecule has 0 radical (unpaired) electrons. The van der Waals surface area contributed by atoms with Gasteiger partial charge in [-0.05, 0) is 15.9 Å². The summed E-state index contributed by atoms with van der Waals surface area (Å²) in [5, 5.41) is 12.0. The third-order valence-corrected chi connectivity index (χ3v) is 2.07. The van der Waals surface area contributed by atoms with Crippen molar-refractivity contribution >= 4 is 21.9 Å². The molecule has 0 saturated carbocycles. The van der Waals surface area contributed by atoms with Crippen molar-refractivity contribution in [3.05, 3.63) is 16.9 Å². The Kier molecular flexibility index (Phi) is 3.38. The average Bonchev–Trinajstić information content (AvgIpc) is 2.44. The fourth-order valence-corrected chi connectivity index (χ4v) is 1.27. The van der Waals surface area contributed by atoms with E-state index in [2.05, 4.69) is 21.0 Å². The number of hydrogen-bond donors (Lipinski definition) is 1. The minimum Gasteiger partial charge on any atom is -0.481 e. The SMILES string of the molecule is O=C(O)C(Cn1cc(Br)cn1)C(F)(F)F. The van der Waals surface area contributed by atoms with Gasteiger partial charge in [0.25, 0.3) is 0 Å². The number of rotatable bonds is 3. The summed E-state index contributed by atoms with van der Waals surface area (Å²) in [5.41, 5.74) is 0. The first-order chi connectivity index (χ1) is 6.80. The van der Waals surface area contributed by atoms with E-state index in [0.717, 1.165) is 4.68 Å². The first-order valence-corrected chi connectivity index (χ1v) is 4.57. The summed E-state index contributed by atoms with van der Waals surface area (Å²) in [4.78, 5) is 10.4. The first kappa shape index (κ1) is 12.0. The number of carboxylic acids is 1. The summed E-state index contributed by atoms with van der Waals surface area (Å²) >= 11 is 3.00. The van der Waals surface area contributed by atoms with Crippen molar-refractivity contribution < 1.29 is 23.1 Å². The molecule has 0 aromatic carbocycles. The molecule has 0 spiro atoms. The lowest BCUT2D eigenvalue weighted by Crippen LogP contribution is -2.34. The van der Waals surface area contributed by atoms with Crippen LogP contribution >= 0.6 is 15.9 Å². The summed E-state index contributed by atoms with van der Waals surface area (Å²) in [7, 11) is 0. The zero-order chi connectivity index (χ0) is 11.6. The van der Waals surface area contributed by atoms with Crippen LogP contribution in [0.5, 0.6) is 0 Å². The van der Waals surface area contributed by atoms with Gasteiger partial charge in [-0.2, -0.15) is 18.3 Å². The number of nitrogens with zero attached hydrogens (tertiary/aromatic N) is 2. The number of aromatic nitrogens is 2. The Morgan fingerprint density at radius 3 is 2.60 bits per heavy atom. The molecule has 8 heteroatoms. The van der Waals surface area contributed by atoms with E-state index in [1.165, 1.54) is 12.4 Å². The highest BCUT2D eigenvalue weighted by atomic mass is 79.9. The predicted octanol–water partition coefficient (Wildman–Crippen LogP) is 1.91. The van der Waals surface area contributed by atoms with Crippen LogP contribution in [0.3, 0.4) is 0 Å². The van der Waals surface area contributed by atoms with Gasteiger partial charge >= 0.3 is 12.1 Å². The Bertz CT molecular complexity index is 363. The van der Waals surface area contributed by atoms with E-state index in [1.54, 1.807) is 0 Å². The maximum atomic E-state index is 12.2. The average molecular weight is 287 g/mol. The largest absolute Gasteiger partial charge is 0.481 e. The Hall–Kier alpha value is -1.05. The summed E-state index contributed by atoms with van der Waals surface area (Å²) in [6.07, 6.45) is -2.21. The molecule has 1 aromatic rings. The van der Waals surface area contributed by atoms with E-state index >= 15 is 0 Å².